The summed E-state index contributed by atoms with van der Waals surface area (Å²) in [6.07, 6.45) is 2.28. The molecule has 2 aromatic rings. The lowest BCUT2D eigenvalue weighted by atomic mass is 10.00. The van der Waals surface area contributed by atoms with Crippen LogP contribution in [0.2, 0.25) is 0 Å². The van der Waals surface area contributed by atoms with Gasteiger partial charge in [-0.05, 0) is 74.3 Å². The summed E-state index contributed by atoms with van der Waals surface area (Å²) in [5.41, 5.74) is 1.28. The summed E-state index contributed by atoms with van der Waals surface area (Å²) in [5.74, 6) is 1.78. The second kappa shape index (κ2) is 12.0. The van der Waals surface area contributed by atoms with Crippen molar-refractivity contribution in [1.29, 1.82) is 0 Å². The van der Waals surface area contributed by atoms with Gasteiger partial charge in [-0.2, -0.15) is 0 Å². The van der Waals surface area contributed by atoms with Crippen molar-refractivity contribution >= 4 is 11.7 Å². The van der Waals surface area contributed by atoms with Crippen LogP contribution in [0.3, 0.4) is 0 Å². The lowest BCUT2D eigenvalue weighted by molar-refractivity contribution is -0.123. The van der Waals surface area contributed by atoms with E-state index in [-0.39, 0.29) is 24.5 Å². The SMILES string of the molecule is COc1ccc(C(=O)CCCC(=O)NC(CN2CCCC2)C(O)c2ccc3c(c2)OCCO3)cc1. The molecule has 4 rings (SSSR count). The summed E-state index contributed by atoms with van der Waals surface area (Å²) in [5, 5.41) is 14.2. The molecule has 2 aromatic carbocycles. The Morgan fingerprint density at radius 2 is 1.74 bits per heavy atom. The van der Waals surface area contributed by atoms with Crippen molar-refractivity contribution in [1.82, 2.24) is 10.2 Å². The third kappa shape index (κ3) is 6.74. The van der Waals surface area contributed by atoms with Crippen LogP contribution in [0.25, 0.3) is 0 Å². The number of ether oxygens (including phenoxy) is 3. The van der Waals surface area contributed by atoms with Gasteiger partial charge in [0.25, 0.3) is 0 Å². The van der Waals surface area contributed by atoms with Gasteiger partial charge in [-0.3, -0.25) is 9.59 Å². The van der Waals surface area contributed by atoms with Crippen LogP contribution in [-0.2, 0) is 4.79 Å². The molecule has 2 unspecified atom stereocenters. The van der Waals surface area contributed by atoms with Crippen LogP contribution < -0.4 is 19.5 Å². The molecule has 0 aromatic heterocycles. The molecule has 0 bridgehead atoms. The molecule has 0 radical (unpaired) electrons. The van der Waals surface area contributed by atoms with Crippen LogP contribution in [0.4, 0.5) is 0 Å². The second-order valence-electron chi connectivity index (χ2n) is 9.03. The number of hydrogen-bond acceptors (Lipinski definition) is 7. The summed E-state index contributed by atoms with van der Waals surface area (Å²) >= 11 is 0. The quantitative estimate of drug-likeness (QED) is 0.475. The minimum atomic E-state index is -0.892. The molecule has 2 heterocycles. The lowest BCUT2D eigenvalue weighted by Crippen LogP contribution is -2.46. The van der Waals surface area contributed by atoms with E-state index in [0.29, 0.717) is 54.6 Å². The zero-order chi connectivity index (χ0) is 24.6. The fourth-order valence-electron chi connectivity index (χ4n) is 4.55. The fourth-order valence-corrected chi connectivity index (χ4v) is 4.55. The zero-order valence-electron chi connectivity index (χ0n) is 20.2. The third-order valence-corrected chi connectivity index (χ3v) is 6.51. The van der Waals surface area contributed by atoms with Gasteiger partial charge >= 0.3 is 0 Å². The van der Waals surface area contributed by atoms with E-state index in [9.17, 15) is 14.7 Å². The molecule has 0 spiro atoms. The van der Waals surface area contributed by atoms with E-state index < -0.39 is 12.1 Å². The number of likely N-dealkylation sites (tertiary alicyclic amines) is 1. The largest absolute Gasteiger partial charge is 0.497 e. The maximum atomic E-state index is 12.8. The first kappa shape index (κ1) is 25.0. The highest BCUT2D eigenvalue weighted by Crippen LogP contribution is 2.33. The van der Waals surface area contributed by atoms with E-state index in [2.05, 4.69) is 10.2 Å². The van der Waals surface area contributed by atoms with Crippen LogP contribution in [0, 0.1) is 0 Å². The molecule has 2 aliphatic rings. The van der Waals surface area contributed by atoms with Crippen LogP contribution in [0.5, 0.6) is 17.2 Å². The van der Waals surface area contributed by atoms with Crippen LogP contribution >= 0.6 is 0 Å². The molecule has 8 heteroatoms. The van der Waals surface area contributed by atoms with Crippen molar-refractivity contribution in [3.05, 3.63) is 53.6 Å². The molecule has 2 aliphatic heterocycles. The number of aliphatic hydroxyl groups is 1. The van der Waals surface area contributed by atoms with E-state index in [1.807, 2.05) is 6.07 Å². The Balaban J connectivity index is 1.34. The minimum absolute atomic E-state index is 0.00890. The Labute approximate surface area is 206 Å². The molecule has 1 saturated heterocycles. The van der Waals surface area contributed by atoms with Crippen molar-refractivity contribution in [3.63, 3.8) is 0 Å². The third-order valence-electron chi connectivity index (χ3n) is 6.51. The number of aliphatic hydroxyl groups excluding tert-OH is 1. The van der Waals surface area contributed by atoms with Gasteiger partial charge in [0.2, 0.25) is 5.91 Å². The number of carbonyl (C=O) groups is 2. The van der Waals surface area contributed by atoms with Crippen LogP contribution in [-0.4, -0.2) is 67.7 Å². The Bertz CT molecular complexity index is 1000. The van der Waals surface area contributed by atoms with E-state index >= 15 is 0 Å². The summed E-state index contributed by atoms with van der Waals surface area (Å²) in [7, 11) is 1.58. The van der Waals surface area contributed by atoms with Gasteiger partial charge in [-0.1, -0.05) is 6.07 Å². The zero-order valence-corrected chi connectivity index (χ0v) is 20.2. The smallest absolute Gasteiger partial charge is 0.220 e. The van der Waals surface area contributed by atoms with Crippen molar-refractivity contribution in [2.24, 2.45) is 0 Å². The standard InChI is InChI=1S/C27H34N2O6/c1-33-21-10-7-19(8-11-21)23(30)5-4-6-26(31)28-22(18-29-13-2-3-14-29)27(32)20-9-12-24-25(17-20)35-16-15-34-24/h7-12,17,22,27,32H,2-6,13-16,18H2,1H3,(H,28,31). The average molecular weight is 483 g/mol. The number of benzene rings is 2. The lowest BCUT2D eigenvalue weighted by Gasteiger charge is -2.29. The number of hydrogen-bond donors (Lipinski definition) is 2. The Morgan fingerprint density at radius 3 is 2.46 bits per heavy atom. The van der Waals surface area contributed by atoms with Crippen molar-refractivity contribution in [2.75, 3.05) is 40.0 Å². The maximum Gasteiger partial charge on any atom is 0.220 e. The summed E-state index contributed by atoms with van der Waals surface area (Å²) in [4.78, 5) is 27.5. The Kier molecular flexibility index (Phi) is 8.60. The van der Waals surface area contributed by atoms with Gasteiger partial charge < -0.3 is 29.5 Å². The van der Waals surface area contributed by atoms with Gasteiger partial charge in [0, 0.05) is 24.9 Å². The number of amides is 1. The molecule has 2 N–H and O–H groups in total. The molecule has 2 atom stereocenters. The molecule has 35 heavy (non-hydrogen) atoms. The number of Topliss-reactive ketones (excluding diaryl/α,β-unsaturated/α-hetero) is 1. The Morgan fingerprint density at radius 1 is 1.03 bits per heavy atom. The number of fused-ring (bicyclic) bond motifs is 1. The summed E-state index contributed by atoms with van der Waals surface area (Å²) in [6, 6.07) is 11.9. The maximum absolute atomic E-state index is 12.8. The van der Waals surface area contributed by atoms with Crippen molar-refractivity contribution < 1.29 is 28.9 Å². The van der Waals surface area contributed by atoms with Gasteiger partial charge in [-0.25, -0.2) is 0 Å². The molecule has 0 aliphatic carbocycles. The van der Waals surface area contributed by atoms with Crippen LogP contribution in [0.15, 0.2) is 42.5 Å². The van der Waals surface area contributed by atoms with Crippen molar-refractivity contribution in [3.8, 4) is 17.2 Å². The number of methoxy groups -OCH3 is 1. The highest BCUT2D eigenvalue weighted by Gasteiger charge is 2.27. The summed E-state index contributed by atoms with van der Waals surface area (Å²) in [6.45, 7) is 3.44. The first-order valence-electron chi connectivity index (χ1n) is 12.3. The molecular formula is C27H34N2O6. The number of carbonyl (C=O) groups excluding carboxylic acids is 2. The number of ketones is 1. The number of nitrogens with one attached hydrogen (secondary N) is 1. The van der Waals surface area contributed by atoms with E-state index in [0.717, 1.165) is 25.9 Å². The summed E-state index contributed by atoms with van der Waals surface area (Å²) < 4.78 is 16.4. The van der Waals surface area contributed by atoms with Crippen molar-refractivity contribution in [2.45, 2.75) is 44.2 Å². The molecule has 188 valence electrons. The number of rotatable bonds is 11. The van der Waals surface area contributed by atoms with E-state index in [4.69, 9.17) is 14.2 Å². The van der Waals surface area contributed by atoms with Crippen LogP contribution in [0.1, 0.15) is 54.1 Å². The fraction of sp³-hybridized carbons (Fsp3) is 0.481. The predicted molar refractivity (Wildman–Crippen MR) is 131 cm³/mol. The predicted octanol–water partition coefficient (Wildman–Crippen LogP) is 3.13. The normalized spacial score (nSPS) is 17.0. The molecular weight excluding hydrogens is 448 g/mol. The first-order valence-corrected chi connectivity index (χ1v) is 12.3. The van der Waals surface area contributed by atoms with Gasteiger partial charge in [0.05, 0.1) is 13.2 Å². The molecule has 1 amide bonds. The van der Waals surface area contributed by atoms with Gasteiger partial charge in [0.15, 0.2) is 17.3 Å². The number of nitrogens with zero attached hydrogens (tertiary/aromatic N) is 1. The van der Waals surface area contributed by atoms with Gasteiger partial charge in [0.1, 0.15) is 25.1 Å². The highest BCUT2D eigenvalue weighted by molar-refractivity contribution is 5.96. The second-order valence-corrected chi connectivity index (χ2v) is 9.03. The van der Waals surface area contributed by atoms with E-state index in [1.165, 1.54) is 0 Å². The molecule has 1 fully saturated rings. The molecule has 8 nitrogen and oxygen atoms in total. The highest BCUT2D eigenvalue weighted by atomic mass is 16.6. The van der Waals surface area contributed by atoms with Gasteiger partial charge in [-0.15, -0.1) is 0 Å². The molecule has 0 saturated carbocycles. The Hall–Kier alpha value is -3.10. The minimum Gasteiger partial charge on any atom is -0.497 e. The topological polar surface area (TPSA) is 97.3 Å². The first-order chi connectivity index (χ1) is 17.0. The van der Waals surface area contributed by atoms with E-state index in [1.54, 1.807) is 43.5 Å². The monoisotopic (exact) mass is 482 g/mol. The average Bonchev–Trinajstić information content (AvgIpc) is 3.40.